The van der Waals surface area contributed by atoms with Crippen LogP contribution in [0.2, 0.25) is 24.7 Å². The van der Waals surface area contributed by atoms with Crippen LogP contribution in [-0.4, -0.2) is 8.07 Å². The van der Waals surface area contributed by atoms with E-state index in [-0.39, 0.29) is 0 Å². The largest absolute Gasteiger partial charge is 0.0996 e. The molecule has 1 aliphatic rings. The summed E-state index contributed by atoms with van der Waals surface area (Å²) >= 11 is 0. The van der Waals surface area contributed by atoms with E-state index in [4.69, 9.17) is 0 Å². The predicted molar refractivity (Wildman–Crippen MR) is 63.9 cm³/mol. The molecule has 1 saturated carbocycles. The summed E-state index contributed by atoms with van der Waals surface area (Å²) in [5, 5.41) is 0.641. The van der Waals surface area contributed by atoms with E-state index in [9.17, 15) is 0 Å². The first-order valence-electron chi connectivity index (χ1n) is 5.62. The minimum absolute atomic E-state index is 0.641. The fourth-order valence-electron chi connectivity index (χ4n) is 2.43. The number of hydrogen-bond donors (Lipinski definition) is 0. The molecular weight excluding hydrogens is 172 g/mol. The maximum atomic E-state index is 4.20. The van der Waals surface area contributed by atoms with E-state index >= 15 is 0 Å². The third-order valence-electron chi connectivity index (χ3n) is 3.71. The summed E-state index contributed by atoms with van der Waals surface area (Å²) in [6.07, 6.45) is 6.93. The molecule has 1 heteroatoms. The van der Waals surface area contributed by atoms with Gasteiger partial charge in [0.25, 0.3) is 0 Å². The Morgan fingerprint density at radius 1 is 1.31 bits per heavy atom. The number of rotatable bonds is 5. The lowest BCUT2D eigenvalue weighted by Gasteiger charge is -2.28. The van der Waals surface area contributed by atoms with Crippen LogP contribution in [0.5, 0.6) is 0 Å². The lowest BCUT2D eigenvalue weighted by Crippen LogP contribution is -2.29. The van der Waals surface area contributed by atoms with Crippen molar-refractivity contribution >= 4 is 8.07 Å². The number of unbranched alkanes of at least 4 members (excludes halogenated alkanes) is 2. The van der Waals surface area contributed by atoms with Gasteiger partial charge in [0.15, 0.2) is 0 Å². The fraction of sp³-hybridized carbons (Fsp3) is 0.833. The molecule has 1 atom stereocenters. The standard InChI is InChI=1S/C12H24Si/c1-6-7-8-9-12(10-11(12)2)13(3,4)5/h2,6-10H2,1,3-5H3. The van der Waals surface area contributed by atoms with E-state index in [0.717, 1.165) is 0 Å². The van der Waals surface area contributed by atoms with Crippen molar-refractivity contribution in [3.63, 3.8) is 0 Å². The monoisotopic (exact) mass is 196 g/mol. The maximum absolute atomic E-state index is 4.20. The molecule has 0 nitrogen and oxygen atoms in total. The normalized spacial score (nSPS) is 27.8. The van der Waals surface area contributed by atoms with Gasteiger partial charge < -0.3 is 0 Å². The Balaban J connectivity index is 2.49. The highest BCUT2D eigenvalue weighted by atomic mass is 28.3. The van der Waals surface area contributed by atoms with Crippen LogP contribution in [0.1, 0.15) is 39.0 Å². The molecule has 0 bridgehead atoms. The van der Waals surface area contributed by atoms with E-state index in [2.05, 4.69) is 33.1 Å². The maximum Gasteiger partial charge on any atom is 0.0556 e. The zero-order valence-electron chi connectivity index (χ0n) is 9.74. The SMILES string of the molecule is C=C1CC1(CCCCC)[Si](C)(C)C. The van der Waals surface area contributed by atoms with Gasteiger partial charge in [-0.2, -0.15) is 0 Å². The van der Waals surface area contributed by atoms with Crippen molar-refractivity contribution in [2.75, 3.05) is 0 Å². The van der Waals surface area contributed by atoms with Crippen LogP contribution in [0, 0.1) is 0 Å². The van der Waals surface area contributed by atoms with Crippen LogP contribution in [0.4, 0.5) is 0 Å². The van der Waals surface area contributed by atoms with E-state index in [1.807, 2.05) is 0 Å². The molecule has 0 aliphatic heterocycles. The van der Waals surface area contributed by atoms with Gasteiger partial charge in [-0.05, 0) is 17.9 Å². The Morgan fingerprint density at radius 3 is 2.15 bits per heavy atom. The van der Waals surface area contributed by atoms with E-state index in [1.54, 1.807) is 5.57 Å². The second kappa shape index (κ2) is 3.60. The highest BCUT2D eigenvalue weighted by Gasteiger charge is 2.55. The van der Waals surface area contributed by atoms with Gasteiger partial charge in [-0.15, -0.1) is 0 Å². The first-order valence-corrected chi connectivity index (χ1v) is 9.12. The Morgan fingerprint density at radius 2 is 1.85 bits per heavy atom. The number of hydrogen-bond acceptors (Lipinski definition) is 0. The summed E-state index contributed by atoms with van der Waals surface area (Å²) in [7, 11) is -0.986. The van der Waals surface area contributed by atoms with E-state index < -0.39 is 8.07 Å². The van der Waals surface area contributed by atoms with Gasteiger partial charge in [-0.25, -0.2) is 0 Å². The minimum Gasteiger partial charge on any atom is -0.0996 e. The third kappa shape index (κ3) is 2.07. The molecule has 13 heavy (non-hydrogen) atoms. The zero-order chi connectivity index (χ0) is 10.1. The van der Waals surface area contributed by atoms with Crippen LogP contribution < -0.4 is 0 Å². The lowest BCUT2D eigenvalue weighted by atomic mass is 10.1. The van der Waals surface area contributed by atoms with Crippen molar-refractivity contribution in [2.24, 2.45) is 0 Å². The van der Waals surface area contributed by atoms with Crippen LogP contribution in [0.15, 0.2) is 12.2 Å². The summed E-state index contributed by atoms with van der Waals surface area (Å²) in [6.45, 7) is 14.0. The molecule has 0 aromatic rings. The summed E-state index contributed by atoms with van der Waals surface area (Å²) in [5.74, 6) is 0. The average Bonchev–Trinajstić information content (AvgIpc) is 2.62. The van der Waals surface area contributed by atoms with Gasteiger partial charge in [0, 0.05) is 0 Å². The molecule has 0 saturated heterocycles. The molecule has 0 aromatic heterocycles. The fourth-order valence-corrected chi connectivity index (χ4v) is 5.16. The highest BCUT2D eigenvalue weighted by molar-refractivity contribution is 6.81. The number of allylic oxidation sites excluding steroid dienone is 1. The Kier molecular flexibility index (Phi) is 3.06. The van der Waals surface area contributed by atoms with Gasteiger partial charge in [-0.1, -0.05) is 58.0 Å². The lowest BCUT2D eigenvalue weighted by molar-refractivity contribution is 0.629. The smallest absolute Gasteiger partial charge is 0.0556 e. The molecule has 1 unspecified atom stereocenters. The Labute approximate surface area is 84.4 Å². The minimum atomic E-state index is -0.986. The van der Waals surface area contributed by atoms with Gasteiger partial charge in [-0.3, -0.25) is 0 Å². The Hall–Kier alpha value is -0.0431. The van der Waals surface area contributed by atoms with Crippen LogP contribution in [-0.2, 0) is 0 Å². The van der Waals surface area contributed by atoms with Gasteiger partial charge >= 0.3 is 0 Å². The van der Waals surface area contributed by atoms with Crippen LogP contribution in [0.25, 0.3) is 0 Å². The second-order valence-corrected chi connectivity index (χ2v) is 11.0. The first kappa shape index (κ1) is 11.0. The highest BCUT2D eigenvalue weighted by Crippen LogP contribution is 2.67. The van der Waals surface area contributed by atoms with E-state index in [1.165, 1.54) is 32.1 Å². The molecular formula is C12H24Si. The van der Waals surface area contributed by atoms with E-state index in [0.29, 0.717) is 5.04 Å². The molecule has 0 amide bonds. The zero-order valence-corrected chi connectivity index (χ0v) is 10.7. The van der Waals surface area contributed by atoms with Gasteiger partial charge in [0.2, 0.25) is 0 Å². The molecule has 0 heterocycles. The summed E-state index contributed by atoms with van der Waals surface area (Å²) in [4.78, 5) is 0. The van der Waals surface area contributed by atoms with Crippen LogP contribution in [0.3, 0.4) is 0 Å². The molecule has 0 N–H and O–H groups in total. The van der Waals surface area contributed by atoms with Crippen molar-refractivity contribution < 1.29 is 0 Å². The predicted octanol–water partition coefficient (Wildman–Crippen LogP) is 4.61. The summed E-state index contributed by atoms with van der Waals surface area (Å²) in [6, 6.07) is 0. The van der Waals surface area contributed by atoms with Crippen molar-refractivity contribution in [3.05, 3.63) is 12.2 Å². The molecule has 0 radical (unpaired) electrons. The van der Waals surface area contributed by atoms with Crippen molar-refractivity contribution in [1.29, 1.82) is 0 Å². The van der Waals surface area contributed by atoms with Crippen molar-refractivity contribution in [2.45, 2.75) is 63.7 Å². The Bertz CT molecular complexity index is 200. The molecule has 1 aliphatic carbocycles. The molecule has 1 rings (SSSR count). The average molecular weight is 196 g/mol. The second-order valence-electron chi connectivity index (χ2n) is 5.57. The van der Waals surface area contributed by atoms with Crippen LogP contribution >= 0.6 is 0 Å². The van der Waals surface area contributed by atoms with Gasteiger partial charge in [0.1, 0.15) is 0 Å². The van der Waals surface area contributed by atoms with Crippen molar-refractivity contribution in [3.8, 4) is 0 Å². The molecule has 1 fully saturated rings. The molecule has 76 valence electrons. The topological polar surface area (TPSA) is 0 Å². The molecule has 0 spiro atoms. The van der Waals surface area contributed by atoms with Gasteiger partial charge in [0.05, 0.1) is 8.07 Å². The van der Waals surface area contributed by atoms with Crippen molar-refractivity contribution in [1.82, 2.24) is 0 Å². The summed E-state index contributed by atoms with van der Waals surface area (Å²) < 4.78 is 0. The molecule has 0 aromatic carbocycles. The first-order chi connectivity index (χ1) is 5.94. The quantitative estimate of drug-likeness (QED) is 0.342. The third-order valence-corrected chi connectivity index (χ3v) is 7.36. The summed E-state index contributed by atoms with van der Waals surface area (Å²) in [5.41, 5.74) is 1.56.